The molecule has 2 aromatic rings. The largest absolute Gasteiger partial charge is 0.465 e. The fourth-order valence-electron chi connectivity index (χ4n) is 2.52. The first-order valence-corrected chi connectivity index (χ1v) is 9.18. The van der Waals surface area contributed by atoms with Crippen molar-refractivity contribution in [3.8, 4) is 5.75 Å². The molecule has 2 rings (SSSR count). The van der Waals surface area contributed by atoms with Gasteiger partial charge in [-0.2, -0.15) is 0 Å². The minimum Gasteiger partial charge on any atom is -0.465 e. The van der Waals surface area contributed by atoms with Gasteiger partial charge in [-0.1, -0.05) is 48.9 Å². The number of rotatable bonds is 11. The zero-order chi connectivity index (χ0) is 17.9. The molecule has 0 heterocycles. The number of aryl methyl sites for hydroxylation is 3. The molecule has 0 aliphatic carbocycles. The van der Waals surface area contributed by atoms with Crippen LogP contribution in [0.2, 0.25) is 0 Å². The fourth-order valence-corrected chi connectivity index (χ4v) is 2.52. The van der Waals surface area contributed by atoms with E-state index in [9.17, 15) is 0 Å². The molecule has 0 aliphatic rings. The van der Waals surface area contributed by atoms with Crippen molar-refractivity contribution in [3.05, 3.63) is 65.2 Å². The average molecular weight is 342 g/mol. The van der Waals surface area contributed by atoms with Crippen molar-refractivity contribution in [2.75, 3.05) is 13.4 Å². The van der Waals surface area contributed by atoms with Gasteiger partial charge in [-0.05, 0) is 62.8 Å². The van der Waals surface area contributed by atoms with Crippen LogP contribution in [0.4, 0.5) is 0 Å². The number of hydrogen-bond donors (Lipinski definition) is 0. The lowest BCUT2D eigenvalue weighted by atomic mass is 10.1. The summed E-state index contributed by atoms with van der Waals surface area (Å²) in [6, 6.07) is 16.8. The maximum atomic E-state index is 5.67. The molecule has 0 radical (unpaired) electrons. The second-order valence-corrected chi connectivity index (χ2v) is 6.32. The minimum atomic E-state index is -0.320. The van der Waals surface area contributed by atoms with Crippen LogP contribution in [0.1, 0.15) is 43.4 Å². The van der Waals surface area contributed by atoms with Crippen LogP contribution < -0.4 is 4.74 Å². The van der Waals surface area contributed by atoms with Crippen LogP contribution in [0.3, 0.4) is 0 Å². The van der Waals surface area contributed by atoms with Gasteiger partial charge in [0.2, 0.25) is 0 Å². The van der Waals surface area contributed by atoms with E-state index in [2.05, 4.69) is 38.1 Å². The van der Waals surface area contributed by atoms with Crippen molar-refractivity contribution in [2.24, 2.45) is 0 Å². The molecular weight excluding hydrogens is 312 g/mol. The first-order chi connectivity index (χ1) is 12.2. The first-order valence-electron chi connectivity index (χ1n) is 9.18. The monoisotopic (exact) mass is 342 g/mol. The van der Waals surface area contributed by atoms with E-state index in [1.807, 2.05) is 31.2 Å². The van der Waals surface area contributed by atoms with Crippen LogP contribution in [0, 0.1) is 6.92 Å². The topological polar surface area (TPSA) is 27.7 Å². The Morgan fingerprint density at radius 1 is 0.880 bits per heavy atom. The Kier molecular flexibility index (Phi) is 8.50. The van der Waals surface area contributed by atoms with Crippen LogP contribution in [-0.2, 0) is 22.3 Å². The van der Waals surface area contributed by atoms with E-state index >= 15 is 0 Å². The summed E-state index contributed by atoms with van der Waals surface area (Å²) in [5.41, 5.74) is 4.00. The van der Waals surface area contributed by atoms with Crippen molar-refractivity contribution >= 4 is 0 Å². The Balaban J connectivity index is 1.50. The van der Waals surface area contributed by atoms with Gasteiger partial charge in [0.25, 0.3) is 0 Å². The first kappa shape index (κ1) is 19.5. The zero-order valence-corrected chi connectivity index (χ0v) is 15.7. The summed E-state index contributed by atoms with van der Waals surface area (Å²) in [5, 5.41) is 0. The molecule has 0 amide bonds. The highest BCUT2D eigenvalue weighted by molar-refractivity contribution is 5.26. The van der Waals surface area contributed by atoms with Crippen molar-refractivity contribution < 1.29 is 14.2 Å². The number of hydrogen-bond acceptors (Lipinski definition) is 3. The highest BCUT2D eigenvalue weighted by Gasteiger charge is 2.03. The summed E-state index contributed by atoms with van der Waals surface area (Å²) >= 11 is 0. The maximum absolute atomic E-state index is 5.67. The van der Waals surface area contributed by atoms with E-state index in [4.69, 9.17) is 14.2 Å². The molecule has 1 atom stereocenters. The van der Waals surface area contributed by atoms with Gasteiger partial charge < -0.3 is 14.2 Å². The van der Waals surface area contributed by atoms with Crippen molar-refractivity contribution in [1.82, 2.24) is 0 Å². The number of ether oxygens (including phenoxy) is 3. The SMILES string of the molecule is CCc1ccc(CCCCOCOC(C)Oc2ccc(C)cc2)cc1. The quantitative estimate of drug-likeness (QED) is 0.410. The highest BCUT2D eigenvalue weighted by atomic mass is 16.7. The van der Waals surface area contributed by atoms with Crippen LogP contribution in [0.5, 0.6) is 5.75 Å². The molecule has 1 unspecified atom stereocenters. The third-order valence-corrected chi connectivity index (χ3v) is 4.14. The highest BCUT2D eigenvalue weighted by Crippen LogP contribution is 2.13. The molecule has 3 nitrogen and oxygen atoms in total. The van der Waals surface area contributed by atoms with Gasteiger partial charge in [0, 0.05) is 6.61 Å². The molecule has 0 saturated heterocycles. The minimum absolute atomic E-state index is 0.262. The van der Waals surface area contributed by atoms with Crippen LogP contribution in [-0.4, -0.2) is 19.7 Å². The summed E-state index contributed by atoms with van der Waals surface area (Å²) in [5.74, 6) is 0.812. The molecule has 0 spiro atoms. The van der Waals surface area contributed by atoms with E-state index in [0.29, 0.717) is 6.61 Å². The summed E-state index contributed by atoms with van der Waals surface area (Å²) in [6.07, 6.45) is 4.04. The molecule has 25 heavy (non-hydrogen) atoms. The Morgan fingerprint density at radius 2 is 1.56 bits per heavy atom. The lowest BCUT2D eigenvalue weighted by Crippen LogP contribution is -2.18. The van der Waals surface area contributed by atoms with Gasteiger partial charge in [0.05, 0.1) is 0 Å². The number of unbranched alkanes of at least 4 members (excludes halogenated alkanes) is 1. The summed E-state index contributed by atoms with van der Waals surface area (Å²) < 4.78 is 16.7. The maximum Gasteiger partial charge on any atom is 0.199 e. The molecule has 0 bridgehead atoms. The van der Waals surface area contributed by atoms with Gasteiger partial charge in [0.1, 0.15) is 5.75 Å². The van der Waals surface area contributed by atoms with E-state index in [1.165, 1.54) is 16.7 Å². The van der Waals surface area contributed by atoms with Gasteiger partial charge in [0.15, 0.2) is 13.1 Å². The predicted molar refractivity (Wildman–Crippen MR) is 102 cm³/mol. The lowest BCUT2D eigenvalue weighted by Gasteiger charge is -2.15. The van der Waals surface area contributed by atoms with Crippen LogP contribution in [0.25, 0.3) is 0 Å². The van der Waals surface area contributed by atoms with Gasteiger partial charge in [-0.15, -0.1) is 0 Å². The smallest absolute Gasteiger partial charge is 0.199 e. The van der Waals surface area contributed by atoms with Crippen molar-refractivity contribution in [1.29, 1.82) is 0 Å². The summed E-state index contributed by atoms with van der Waals surface area (Å²) in [7, 11) is 0. The van der Waals surface area contributed by atoms with E-state index in [0.717, 1.165) is 31.4 Å². The van der Waals surface area contributed by atoms with E-state index in [1.54, 1.807) is 0 Å². The Bertz CT molecular complexity index is 590. The molecule has 0 aliphatic heterocycles. The van der Waals surface area contributed by atoms with Gasteiger partial charge in [-0.3, -0.25) is 0 Å². The van der Waals surface area contributed by atoms with Crippen LogP contribution >= 0.6 is 0 Å². The molecule has 0 fully saturated rings. The van der Waals surface area contributed by atoms with Crippen molar-refractivity contribution in [3.63, 3.8) is 0 Å². The Labute approximate surface area is 151 Å². The van der Waals surface area contributed by atoms with Crippen molar-refractivity contribution in [2.45, 2.75) is 52.7 Å². The molecule has 2 aromatic carbocycles. The third kappa shape index (κ3) is 7.72. The molecule has 136 valence electrons. The third-order valence-electron chi connectivity index (χ3n) is 4.14. The second kappa shape index (κ2) is 10.9. The second-order valence-electron chi connectivity index (χ2n) is 6.32. The normalized spacial score (nSPS) is 12.1. The van der Waals surface area contributed by atoms with Crippen LogP contribution in [0.15, 0.2) is 48.5 Å². The molecule has 0 saturated carbocycles. The average Bonchev–Trinajstić information content (AvgIpc) is 2.63. The van der Waals surface area contributed by atoms with Gasteiger partial charge >= 0.3 is 0 Å². The van der Waals surface area contributed by atoms with E-state index < -0.39 is 0 Å². The molecule has 3 heteroatoms. The molecular formula is C22H30O3. The summed E-state index contributed by atoms with van der Waals surface area (Å²) in [4.78, 5) is 0. The Hall–Kier alpha value is -1.84. The summed E-state index contributed by atoms with van der Waals surface area (Å²) in [6.45, 7) is 7.09. The zero-order valence-electron chi connectivity index (χ0n) is 15.7. The lowest BCUT2D eigenvalue weighted by molar-refractivity contribution is -0.148. The molecule has 0 aromatic heterocycles. The predicted octanol–water partition coefficient (Wildman–Crippen LogP) is 5.30. The molecule has 0 N–H and O–H groups in total. The fraction of sp³-hybridized carbons (Fsp3) is 0.455. The standard InChI is InChI=1S/C22H30O3/c1-4-20-10-12-21(13-11-20)7-5-6-16-23-17-24-19(3)25-22-14-8-18(2)9-15-22/h8-15,19H,4-7,16-17H2,1-3H3. The van der Waals surface area contributed by atoms with E-state index in [-0.39, 0.29) is 13.1 Å². The number of benzene rings is 2. The Morgan fingerprint density at radius 3 is 2.24 bits per heavy atom. The van der Waals surface area contributed by atoms with Gasteiger partial charge in [-0.25, -0.2) is 0 Å².